The molecule has 0 heterocycles. The molecule has 4 rings (SSSR count). The molecule has 4 aliphatic carbocycles. The Morgan fingerprint density at radius 3 is 2.73 bits per heavy atom. The summed E-state index contributed by atoms with van der Waals surface area (Å²) in [6.45, 7) is 9.32. The maximum atomic E-state index is 12.0. The lowest BCUT2D eigenvalue weighted by Crippen LogP contribution is -2.51. The first kappa shape index (κ1) is 18.0. The zero-order valence-corrected chi connectivity index (χ0v) is 16.2. The molecule has 0 saturated heterocycles. The summed E-state index contributed by atoms with van der Waals surface area (Å²) in [6.07, 6.45) is 10.4. The van der Waals surface area contributed by atoms with E-state index in [1.54, 1.807) is 0 Å². The minimum atomic E-state index is -0.665. The summed E-state index contributed by atoms with van der Waals surface area (Å²) < 4.78 is 0. The van der Waals surface area contributed by atoms with E-state index in [1.807, 2.05) is 6.08 Å². The van der Waals surface area contributed by atoms with Crippen LogP contribution in [0.25, 0.3) is 0 Å². The van der Waals surface area contributed by atoms with Gasteiger partial charge in [-0.25, -0.2) is 0 Å². The third-order valence-electron chi connectivity index (χ3n) is 8.84. The topological polar surface area (TPSA) is 54.4 Å². The van der Waals surface area contributed by atoms with Crippen molar-refractivity contribution < 1.29 is 14.7 Å². The molecule has 0 aliphatic heterocycles. The molecule has 1 N–H and O–H groups in total. The summed E-state index contributed by atoms with van der Waals surface area (Å²) in [5.74, 6) is 1.97. The highest BCUT2D eigenvalue weighted by Crippen LogP contribution is 2.67. The molecule has 142 valence electrons. The van der Waals surface area contributed by atoms with Crippen molar-refractivity contribution in [2.45, 2.75) is 71.6 Å². The quantitative estimate of drug-likeness (QED) is 0.710. The highest BCUT2D eigenvalue weighted by molar-refractivity contribution is 5.91. The van der Waals surface area contributed by atoms with Crippen molar-refractivity contribution in [1.82, 2.24) is 0 Å². The Kier molecular flexibility index (Phi) is 4.20. The fraction of sp³-hybridized carbons (Fsp3) is 0.739. The molecule has 3 heteroatoms. The predicted molar refractivity (Wildman–Crippen MR) is 102 cm³/mol. The van der Waals surface area contributed by atoms with Crippen molar-refractivity contribution >= 4 is 11.8 Å². The second-order valence-corrected chi connectivity index (χ2v) is 9.88. The number of allylic oxidation sites excluding steroid dienone is 2. The molecule has 0 radical (unpaired) electrons. The number of hydrogen-bond acceptors (Lipinski definition) is 2. The zero-order chi connectivity index (χ0) is 18.7. The standard InChI is InChI=1S/C23H32O3/c1-14-12-16-13-17(24)8-10-23(16,3)19-9-11-22(2)15(5-7-20(25)26)4-6-18(22)21(14)19/h13,15,18-19,21H,1,4-12H2,2-3H3,(H,25,26)/t15-,18-,19-,21-,22+,23-/m0/s1. The van der Waals surface area contributed by atoms with Gasteiger partial charge in [0.1, 0.15) is 0 Å². The molecule has 0 unspecified atom stereocenters. The van der Waals surface area contributed by atoms with E-state index >= 15 is 0 Å². The Morgan fingerprint density at radius 2 is 2.00 bits per heavy atom. The lowest BCUT2D eigenvalue weighted by atomic mass is 9.46. The van der Waals surface area contributed by atoms with Crippen LogP contribution in [-0.4, -0.2) is 16.9 Å². The van der Waals surface area contributed by atoms with Gasteiger partial charge in [-0.1, -0.05) is 31.6 Å². The normalized spacial score (nSPS) is 44.8. The molecule has 26 heavy (non-hydrogen) atoms. The minimum Gasteiger partial charge on any atom is -0.481 e. The first-order valence-corrected chi connectivity index (χ1v) is 10.4. The fourth-order valence-electron chi connectivity index (χ4n) is 7.32. The van der Waals surface area contributed by atoms with Gasteiger partial charge in [0, 0.05) is 12.8 Å². The predicted octanol–water partition coefficient (Wildman–Crippen LogP) is 5.17. The first-order valence-electron chi connectivity index (χ1n) is 10.4. The van der Waals surface area contributed by atoms with Gasteiger partial charge in [-0.3, -0.25) is 9.59 Å². The van der Waals surface area contributed by atoms with Crippen LogP contribution in [0.3, 0.4) is 0 Å². The number of rotatable bonds is 3. The summed E-state index contributed by atoms with van der Waals surface area (Å²) >= 11 is 0. The maximum absolute atomic E-state index is 12.0. The Balaban J connectivity index is 1.63. The van der Waals surface area contributed by atoms with Crippen molar-refractivity contribution in [2.24, 2.45) is 34.5 Å². The van der Waals surface area contributed by atoms with E-state index in [2.05, 4.69) is 20.4 Å². The minimum absolute atomic E-state index is 0.167. The van der Waals surface area contributed by atoms with Crippen molar-refractivity contribution in [3.63, 3.8) is 0 Å². The average Bonchev–Trinajstić information content (AvgIpc) is 2.91. The van der Waals surface area contributed by atoms with Crippen molar-refractivity contribution in [2.75, 3.05) is 0 Å². The van der Waals surface area contributed by atoms with Crippen LogP contribution in [0.1, 0.15) is 71.6 Å². The molecule has 6 atom stereocenters. The molecule has 0 aromatic heterocycles. The molecule has 3 fully saturated rings. The van der Waals surface area contributed by atoms with Crippen molar-refractivity contribution in [3.05, 3.63) is 23.8 Å². The van der Waals surface area contributed by atoms with Crippen LogP contribution < -0.4 is 0 Å². The van der Waals surface area contributed by atoms with Gasteiger partial charge in [-0.15, -0.1) is 0 Å². The highest BCUT2D eigenvalue weighted by Gasteiger charge is 2.59. The van der Waals surface area contributed by atoms with Gasteiger partial charge in [0.15, 0.2) is 5.78 Å². The number of ketones is 1. The van der Waals surface area contributed by atoms with Gasteiger partial charge in [-0.2, -0.15) is 0 Å². The summed E-state index contributed by atoms with van der Waals surface area (Å²) in [7, 11) is 0. The lowest BCUT2D eigenvalue weighted by molar-refractivity contribution is -0.137. The van der Waals surface area contributed by atoms with Crippen LogP contribution in [0.15, 0.2) is 23.8 Å². The molecule has 0 bridgehead atoms. The maximum Gasteiger partial charge on any atom is 0.303 e. The van der Waals surface area contributed by atoms with E-state index in [0.717, 1.165) is 19.3 Å². The fourth-order valence-corrected chi connectivity index (χ4v) is 7.32. The zero-order valence-electron chi connectivity index (χ0n) is 16.2. The average molecular weight is 357 g/mol. The van der Waals surface area contributed by atoms with E-state index in [0.29, 0.717) is 42.3 Å². The van der Waals surface area contributed by atoms with Gasteiger partial charge in [0.2, 0.25) is 0 Å². The first-order chi connectivity index (χ1) is 12.3. The van der Waals surface area contributed by atoms with Gasteiger partial charge >= 0.3 is 5.97 Å². The molecule has 0 amide bonds. The molecule has 0 spiro atoms. The van der Waals surface area contributed by atoms with Gasteiger partial charge in [0.25, 0.3) is 0 Å². The highest BCUT2D eigenvalue weighted by atomic mass is 16.4. The van der Waals surface area contributed by atoms with Gasteiger partial charge in [0.05, 0.1) is 0 Å². The van der Waals surface area contributed by atoms with Crippen molar-refractivity contribution in [3.8, 4) is 0 Å². The van der Waals surface area contributed by atoms with Crippen LogP contribution in [-0.2, 0) is 9.59 Å². The van der Waals surface area contributed by atoms with E-state index in [1.165, 1.54) is 36.8 Å². The van der Waals surface area contributed by atoms with Gasteiger partial charge in [-0.05, 0) is 85.5 Å². The second-order valence-electron chi connectivity index (χ2n) is 9.88. The third kappa shape index (κ3) is 2.53. The van der Waals surface area contributed by atoms with Crippen LogP contribution >= 0.6 is 0 Å². The molecule has 4 aliphatic rings. The Hall–Kier alpha value is -1.38. The summed E-state index contributed by atoms with van der Waals surface area (Å²) in [4.78, 5) is 23.1. The molecule has 3 nitrogen and oxygen atoms in total. The molecule has 3 saturated carbocycles. The van der Waals surface area contributed by atoms with Crippen molar-refractivity contribution in [1.29, 1.82) is 0 Å². The summed E-state index contributed by atoms with van der Waals surface area (Å²) in [6, 6.07) is 0. The number of carboxylic acids is 1. The summed E-state index contributed by atoms with van der Waals surface area (Å²) in [5.41, 5.74) is 3.11. The van der Waals surface area contributed by atoms with Crippen LogP contribution in [0.5, 0.6) is 0 Å². The van der Waals surface area contributed by atoms with E-state index < -0.39 is 5.97 Å². The van der Waals surface area contributed by atoms with E-state index in [-0.39, 0.29) is 10.8 Å². The number of aliphatic carboxylic acids is 1. The smallest absolute Gasteiger partial charge is 0.303 e. The number of carboxylic acid groups (broad SMARTS) is 1. The Labute approximate surface area is 156 Å². The third-order valence-corrected chi connectivity index (χ3v) is 8.84. The lowest BCUT2D eigenvalue weighted by Gasteiger charge is -2.58. The largest absolute Gasteiger partial charge is 0.481 e. The number of carbonyl (C=O) groups excluding carboxylic acids is 1. The molecular formula is C23H32O3. The number of carbonyl (C=O) groups is 2. The molecule has 0 aromatic rings. The van der Waals surface area contributed by atoms with Crippen LogP contribution in [0.4, 0.5) is 0 Å². The number of hydrogen-bond donors (Lipinski definition) is 1. The van der Waals surface area contributed by atoms with Crippen LogP contribution in [0.2, 0.25) is 0 Å². The molecule has 0 aromatic carbocycles. The van der Waals surface area contributed by atoms with E-state index in [9.17, 15) is 9.59 Å². The Morgan fingerprint density at radius 1 is 1.23 bits per heavy atom. The summed E-state index contributed by atoms with van der Waals surface area (Å²) in [5, 5.41) is 9.12. The van der Waals surface area contributed by atoms with E-state index in [4.69, 9.17) is 5.11 Å². The number of fused-ring (bicyclic) bond motifs is 5. The second kappa shape index (κ2) is 6.07. The molecular weight excluding hydrogens is 324 g/mol. The van der Waals surface area contributed by atoms with Crippen LogP contribution in [0, 0.1) is 34.5 Å². The Bertz CT molecular complexity index is 690. The van der Waals surface area contributed by atoms with Gasteiger partial charge < -0.3 is 5.11 Å². The SMILES string of the molecule is C=C1CC2=CC(=O)CC[C@]2(C)[C@H]2CC[C@]3(C)[C@H](CCC(=O)O)CC[C@H]3[C@H]12. The monoisotopic (exact) mass is 356 g/mol.